The van der Waals surface area contributed by atoms with E-state index in [2.05, 4.69) is 0 Å². The number of halogens is 1. The van der Waals surface area contributed by atoms with Gasteiger partial charge in [-0.2, -0.15) is 0 Å². The average Bonchev–Trinajstić information content (AvgIpc) is 2.60. The first-order valence-corrected chi connectivity index (χ1v) is 5.17. The van der Waals surface area contributed by atoms with Gasteiger partial charge in [0.25, 0.3) is 0 Å². The lowest BCUT2D eigenvalue weighted by Gasteiger charge is -2.17. The van der Waals surface area contributed by atoms with Crippen molar-refractivity contribution < 1.29 is 14.0 Å². The summed E-state index contributed by atoms with van der Waals surface area (Å²) >= 11 is 0. The van der Waals surface area contributed by atoms with E-state index < -0.39 is 17.8 Å². The minimum absolute atomic E-state index is 0.0715. The molecular weight excluding hydrogens is 225 g/mol. The first-order valence-electron chi connectivity index (χ1n) is 5.17. The van der Waals surface area contributed by atoms with Crippen molar-refractivity contribution >= 4 is 17.5 Å². The third-order valence-electron chi connectivity index (χ3n) is 2.77. The summed E-state index contributed by atoms with van der Waals surface area (Å²) < 4.78 is 13.7. The van der Waals surface area contributed by atoms with Gasteiger partial charge in [0.2, 0.25) is 11.8 Å². The second-order valence-electron chi connectivity index (χ2n) is 3.92. The molecule has 1 atom stereocenters. The van der Waals surface area contributed by atoms with Gasteiger partial charge in [0, 0.05) is 12.1 Å². The molecule has 0 saturated carbocycles. The van der Waals surface area contributed by atoms with Crippen LogP contribution in [-0.4, -0.2) is 24.4 Å². The smallest absolute Gasteiger partial charge is 0.248 e. The zero-order valence-corrected chi connectivity index (χ0v) is 9.02. The SMILES string of the molecule is NC(=O)c1ccc(N2CC[C@H](N)C2=O)c(F)c1. The summed E-state index contributed by atoms with van der Waals surface area (Å²) in [5, 5.41) is 0. The number of anilines is 1. The molecule has 0 unspecified atom stereocenters. The lowest BCUT2D eigenvalue weighted by Crippen LogP contribution is -2.34. The van der Waals surface area contributed by atoms with Crippen LogP contribution < -0.4 is 16.4 Å². The molecule has 6 heteroatoms. The Morgan fingerprint density at radius 2 is 2.18 bits per heavy atom. The van der Waals surface area contributed by atoms with Crippen molar-refractivity contribution in [2.45, 2.75) is 12.5 Å². The lowest BCUT2D eigenvalue weighted by atomic mass is 10.2. The standard InChI is InChI=1S/C11H12FN3O2/c12-7-5-6(10(14)16)1-2-9(7)15-4-3-8(13)11(15)17/h1-2,5,8H,3-4,13H2,(H2,14,16)/t8-/m0/s1. The van der Waals surface area contributed by atoms with E-state index in [1.165, 1.54) is 17.0 Å². The molecule has 1 aromatic carbocycles. The van der Waals surface area contributed by atoms with Gasteiger partial charge in [0.05, 0.1) is 11.7 Å². The molecule has 4 N–H and O–H groups in total. The van der Waals surface area contributed by atoms with Crippen molar-refractivity contribution in [3.05, 3.63) is 29.6 Å². The second-order valence-corrected chi connectivity index (χ2v) is 3.92. The normalized spacial score (nSPS) is 19.8. The van der Waals surface area contributed by atoms with Gasteiger partial charge in [-0.05, 0) is 24.6 Å². The maximum atomic E-state index is 13.7. The van der Waals surface area contributed by atoms with E-state index >= 15 is 0 Å². The minimum Gasteiger partial charge on any atom is -0.366 e. The Hall–Kier alpha value is -1.95. The van der Waals surface area contributed by atoms with E-state index in [-0.39, 0.29) is 17.2 Å². The molecule has 1 heterocycles. The predicted octanol–water partition coefficient (Wildman–Crippen LogP) is -0.0114. The molecule has 17 heavy (non-hydrogen) atoms. The Balaban J connectivity index is 2.34. The molecule has 2 amide bonds. The van der Waals surface area contributed by atoms with Crippen LogP contribution >= 0.6 is 0 Å². The lowest BCUT2D eigenvalue weighted by molar-refractivity contribution is -0.118. The quantitative estimate of drug-likeness (QED) is 0.758. The summed E-state index contributed by atoms with van der Waals surface area (Å²) in [6, 6.07) is 3.20. The van der Waals surface area contributed by atoms with Gasteiger partial charge in [-0.1, -0.05) is 0 Å². The molecule has 0 aromatic heterocycles. The predicted molar refractivity (Wildman–Crippen MR) is 59.9 cm³/mol. The van der Waals surface area contributed by atoms with Crippen molar-refractivity contribution in [2.75, 3.05) is 11.4 Å². The molecule has 2 rings (SSSR count). The zero-order valence-electron chi connectivity index (χ0n) is 9.02. The number of primary amides is 1. The van der Waals surface area contributed by atoms with Crippen LogP contribution in [0.15, 0.2) is 18.2 Å². The molecule has 1 aliphatic heterocycles. The summed E-state index contributed by atoms with van der Waals surface area (Å²) in [6.45, 7) is 0.382. The van der Waals surface area contributed by atoms with E-state index in [0.717, 1.165) is 6.07 Å². The Morgan fingerprint density at radius 3 is 2.65 bits per heavy atom. The van der Waals surface area contributed by atoms with E-state index in [0.29, 0.717) is 13.0 Å². The van der Waals surface area contributed by atoms with Gasteiger partial charge in [-0.15, -0.1) is 0 Å². The van der Waals surface area contributed by atoms with Crippen molar-refractivity contribution in [1.82, 2.24) is 0 Å². The monoisotopic (exact) mass is 237 g/mol. The molecule has 1 fully saturated rings. The molecule has 0 bridgehead atoms. The number of hydrogen-bond donors (Lipinski definition) is 2. The van der Waals surface area contributed by atoms with Crippen LogP contribution in [0.2, 0.25) is 0 Å². The number of nitrogens with two attached hydrogens (primary N) is 2. The third kappa shape index (κ3) is 1.99. The van der Waals surface area contributed by atoms with E-state index in [9.17, 15) is 14.0 Å². The average molecular weight is 237 g/mol. The number of carbonyl (C=O) groups excluding carboxylic acids is 2. The number of nitrogens with zero attached hydrogens (tertiary/aromatic N) is 1. The van der Waals surface area contributed by atoms with Crippen LogP contribution in [0.1, 0.15) is 16.8 Å². The van der Waals surface area contributed by atoms with Crippen molar-refractivity contribution in [3.63, 3.8) is 0 Å². The minimum atomic E-state index is -0.708. The Bertz CT molecular complexity index is 490. The second kappa shape index (κ2) is 4.14. The Morgan fingerprint density at radius 1 is 1.47 bits per heavy atom. The highest BCUT2D eigenvalue weighted by Gasteiger charge is 2.31. The van der Waals surface area contributed by atoms with Crippen molar-refractivity contribution in [2.24, 2.45) is 11.5 Å². The first kappa shape index (κ1) is 11.5. The van der Waals surface area contributed by atoms with Crippen LogP contribution in [0.4, 0.5) is 10.1 Å². The zero-order chi connectivity index (χ0) is 12.6. The highest BCUT2D eigenvalue weighted by molar-refractivity contribution is 6.00. The van der Waals surface area contributed by atoms with Gasteiger partial charge in [0.1, 0.15) is 5.82 Å². The van der Waals surface area contributed by atoms with Gasteiger partial charge < -0.3 is 16.4 Å². The number of hydrogen-bond acceptors (Lipinski definition) is 3. The maximum Gasteiger partial charge on any atom is 0.248 e. The van der Waals surface area contributed by atoms with Gasteiger partial charge in [-0.3, -0.25) is 9.59 Å². The summed E-state index contributed by atoms with van der Waals surface area (Å²) in [5.41, 5.74) is 10.8. The molecule has 1 aliphatic rings. The molecule has 0 radical (unpaired) electrons. The number of carbonyl (C=O) groups is 2. The molecule has 5 nitrogen and oxygen atoms in total. The van der Waals surface area contributed by atoms with E-state index in [4.69, 9.17) is 11.5 Å². The molecular formula is C11H12FN3O2. The summed E-state index contributed by atoms with van der Waals surface area (Å²) in [5.74, 6) is -1.67. The van der Waals surface area contributed by atoms with Crippen molar-refractivity contribution in [3.8, 4) is 0 Å². The van der Waals surface area contributed by atoms with E-state index in [1.54, 1.807) is 0 Å². The first-order chi connectivity index (χ1) is 8.00. The fraction of sp³-hybridized carbons (Fsp3) is 0.273. The van der Waals surface area contributed by atoms with Crippen LogP contribution in [0.25, 0.3) is 0 Å². The third-order valence-corrected chi connectivity index (χ3v) is 2.77. The van der Waals surface area contributed by atoms with Gasteiger partial charge in [-0.25, -0.2) is 4.39 Å². The number of rotatable bonds is 2. The highest BCUT2D eigenvalue weighted by atomic mass is 19.1. The van der Waals surface area contributed by atoms with Crippen LogP contribution in [-0.2, 0) is 4.79 Å². The van der Waals surface area contributed by atoms with Crippen LogP contribution in [0, 0.1) is 5.82 Å². The van der Waals surface area contributed by atoms with E-state index in [1.807, 2.05) is 0 Å². The fourth-order valence-corrected chi connectivity index (χ4v) is 1.82. The molecule has 0 spiro atoms. The van der Waals surface area contributed by atoms with Crippen LogP contribution in [0.3, 0.4) is 0 Å². The maximum absolute atomic E-state index is 13.7. The number of amides is 2. The molecule has 0 aliphatic carbocycles. The van der Waals surface area contributed by atoms with Gasteiger partial charge in [0.15, 0.2) is 0 Å². The summed E-state index contributed by atoms with van der Waals surface area (Å²) in [6.07, 6.45) is 0.496. The Labute approximate surface area is 97.2 Å². The summed E-state index contributed by atoms with van der Waals surface area (Å²) in [7, 11) is 0. The topological polar surface area (TPSA) is 89.4 Å². The Kier molecular flexibility index (Phi) is 2.81. The van der Waals surface area contributed by atoms with Crippen molar-refractivity contribution in [1.29, 1.82) is 0 Å². The summed E-state index contributed by atoms with van der Waals surface area (Å²) in [4.78, 5) is 23.8. The fourth-order valence-electron chi connectivity index (χ4n) is 1.82. The highest BCUT2D eigenvalue weighted by Crippen LogP contribution is 2.24. The molecule has 1 aromatic rings. The molecule has 90 valence electrons. The largest absolute Gasteiger partial charge is 0.366 e. The van der Waals surface area contributed by atoms with Crippen LogP contribution in [0.5, 0.6) is 0 Å². The number of benzene rings is 1. The molecule has 1 saturated heterocycles. The van der Waals surface area contributed by atoms with Gasteiger partial charge >= 0.3 is 0 Å².